The number of hydrogen-bond donors (Lipinski definition) is 2. The van der Waals surface area contributed by atoms with E-state index in [9.17, 15) is 0 Å². The van der Waals surface area contributed by atoms with Crippen molar-refractivity contribution < 1.29 is 5.11 Å². The number of aliphatic hydroxyl groups is 1. The molecule has 1 rings (SSSR count). The van der Waals surface area contributed by atoms with Crippen molar-refractivity contribution in [3.8, 4) is 0 Å². The Bertz CT molecular complexity index is 255. The number of halogens is 1. The van der Waals surface area contributed by atoms with Crippen LogP contribution in [0.15, 0.2) is 22.8 Å². The van der Waals surface area contributed by atoms with E-state index in [1.54, 1.807) is 0 Å². The standard InChI is InChI=1S/C8H11BrN2O/c9-8-3-1-2-7(11-8)6(10)4-5-12/h1-3,6,12H,4-5,10H2/t6-/m1/s1. The van der Waals surface area contributed by atoms with Crippen LogP contribution >= 0.6 is 15.9 Å². The van der Waals surface area contributed by atoms with E-state index in [0.29, 0.717) is 6.42 Å². The van der Waals surface area contributed by atoms with Gasteiger partial charge in [0.25, 0.3) is 0 Å². The molecule has 0 saturated carbocycles. The smallest absolute Gasteiger partial charge is 0.106 e. The third-order valence-electron chi connectivity index (χ3n) is 1.56. The van der Waals surface area contributed by atoms with Crippen molar-refractivity contribution in [3.63, 3.8) is 0 Å². The Morgan fingerprint density at radius 1 is 1.58 bits per heavy atom. The molecular formula is C8H11BrN2O. The van der Waals surface area contributed by atoms with Gasteiger partial charge in [-0.2, -0.15) is 0 Å². The van der Waals surface area contributed by atoms with Crippen molar-refractivity contribution >= 4 is 15.9 Å². The molecule has 12 heavy (non-hydrogen) atoms. The highest BCUT2D eigenvalue weighted by Gasteiger charge is 2.05. The first kappa shape index (κ1) is 9.64. The summed E-state index contributed by atoms with van der Waals surface area (Å²) in [5.74, 6) is 0. The number of aliphatic hydroxyl groups excluding tert-OH is 1. The molecule has 0 fully saturated rings. The molecule has 0 spiro atoms. The third-order valence-corrected chi connectivity index (χ3v) is 2.00. The summed E-state index contributed by atoms with van der Waals surface area (Å²) >= 11 is 3.25. The van der Waals surface area contributed by atoms with Crippen LogP contribution in [0.2, 0.25) is 0 Å². The largest absolute Gasteiger partial charge is 0.396 e. The van der Waals surface area contributed by atoms with Gasteiger partial charge in [0.1, 0.15) is 4.60 Å². The van der Waals surface area contributed by atoms with Gasteiger partial charge in [-0.3, -0.25) is 0 Å². The van der Waals surface area contributed by atoms with E-state index in [2.05, 4.69) is 20.9 Å². The number of hydrogen-bond acceptors (Lipinski definition) is 3. The predicted octanol–water partition coefficient (Wildman–Crippen LogP) is 1.23. The third kappa shape index (κ3) is 2.55. The zero-order valence-corrected chi connectivity index (χ0v) is 8.16. The maximum Gasteiger partial charge on any atom is 0.106 e. The summed E-state index contributed by atoms with van der Waals surface area (Å²) in [5.41, 5.74) is 6.54. The molecule has 0 bridgehead atoms. The van der Waals surface area contributed by atoms with Crippen molar-refractivity contribution in [2.75, 3.05) is 6.61 Å². The van der Waals surface area contributed by atoms with Gasteiger partial charge in [0.15, 0.2) is 0 Å². The fraction of sp³-hybridized carbons (Fsp3) is 0.375. The Kier molecular flexibility index (Phi) is 3.65. The Balaban J connectivity index is 2.73. The molecule has 1 atom stereocenters. The monoisotopic (exact) mass is 230 g/mol. The van der Waals surface area contributed by atoms with Crippen LogP contribution in [-0.4, -0.2) is 16.7 Å². The Morgan fingerprint density at radius 3 is 2.92 bits per heavy atom. The minimum absolute atomic E-state index is 0.0926. The molecule has 0 radical (unpaired) electrons. The van der Waals surface area contributed by atoms with E-state index in [-0.39, 0.29) is 12.6 Å². The quantitative estimate of drug-likeness (QED) is 0.769. The lowest BCUT2D eigenvalue weighted by atomic mass is 10.1. The highest BCUT2D eigenvalue weighted by molar-refractivity contribution is 9.10. The van der Waals surface area contributed by atoms with Crippen LogP contribution in [0.3, 0.4) is 0 Å². The zero-order valence-electron chi connectivity index (χ0n) is 6.57. The van der Waals surface area contributed by atoms with Crippen LogP contribution in [0.25, 0.3) is 0 Å². The van der Waals surface area contributed by atoms with E-state index in [1.165, 1.54) is 0 Å². The van der Waals surface area contributed by atoms with Crippen LogP contribution < -0.4 is 5.73 Å². The van der Waals surface area contributed by atoms with Gasteiger partial charge in [-0.1, -0.05) is 6.07 Å². The molecule has 1 aromatic rings. The van der Waals surface area contributed by atoms with Crippen molar-refractivity contribution in [2.45, 2.75) is 12.5 Å². The lowest BCUT2D eigenvalue weighted by molar-refractivity contribution is 0.275. The van der Waals surface area contributed by atoms with Crippen molar-refractivity contribution in [1.82, 2.24) is 4.98 Å². The maximum absolute atomic E-state index is 8.65. The minimum Gasteiger partial charge on any atom is -0.396 e. The van der Waals surface area contributed by atoms with Gasteiger partial charge in [-0.15, -0.1) is 0 Å². The van der Waals surface area contributed by atoms with Gasteiger partial charge in [-0.05, 0) is 34.5 Å². The summed E-state index contributed by atoms with van der Waals surface area (Å²) in [4.78, 5) is 4.17. The van der Waals surface area contributed by atoms with Crippen LogP contribution in [0.1, 0.15) is 18.2 Å². The molecule has 0 aliphatic heterocycles. The summed E-state index contributed by atoms with van der Waals surface area (Å²) in [6.45, 7) is 0.0926. The fourth-order valence-corrected chi connectivity index (χ4v) is 1.27. The predicted molar refractivity (Wildman–Crippen MR) is 50.6 cm³/mol. The SMILES string of the molecule is N[C@H](CCO)c1cccc(Br)n1. The second kappa shape index (κ2) is 4.54. The molecule has 3 nitrogen and oxygen atoms in total. The first-order valence-corrected chi connectivity index (χ1v) is 4.52. The summed E-state index contributed by atoms with van der Waals surface area (Å²) < 4.78 is 0.772. The molecule has 1 heterocycles. The van der Waals surface area contributed by atoms with E-state index in [0.717, 1.165) is 10.3 Å². The lowest BCUT2D eigenvalue weighted by Gasteiger charge is -2.08. The average Bonchev–Trinajstić information content (AvgIpc) is 2.05. The topological polar surface area (TPSA) is 59.1 Å². The van der Waals surface area contributed by atoms with Crippen molar-refractivity contribution in [1.29, 1.82) is 0 Å². The van der Waals surface area contributed by atoms with E-state index in [1.807, 2.05) is 18.2 Å². The minimum atomic E-state index is -0.174. The second-order valence-corrected chi connectivity index (χ2v) is 3.32. The average molecular weight is 231 g/mol. The van der Waals surface area contributed by atoms with Crippen LogP contribution in [0.4, 0.5) is 0 Å². The molecule has 0 aliphatic carbocycles. The number of nitrogens with zero attached hydrogens (tertiary/aromatic N) is 1. The Morgan fingerprint density at radius 2 is 2.33 bits per heavy atom. The Hall–Kier alpha value is -0.450. The first-order chi connectivity index (χ1) is 5.74. The number of aromatic nitrogens is 1. The first-order valence-electron chi connectivity index (χ1n) is 3.73. The number of rotatable bonds is 3. The van der Waals surface area contributed by atoms with Crippen LogP contribution in [0.5, 0.6) is 0 Å². The van der Waals surface area contributed by atoms with Gasteiger partial charge in [-0.25, -0.2) is 4.98 Å². The molecule has 4 heteroatoms. The van der Waals surface area contributed by atoms with Gasteiger partial charge < -0.3 is 10.8 Å². The van der Waals surface area contributed by atoms with Gasteiger partial charge in [0.2, 0.25) is 0 Å². The van der Waals surface area contributed by atoms with Gasteiger partial charge >= 0.3 is 0 Å². The molecule has 66 valence electrons. The Labute approximate surface area is 79.7 Å². The molecular weight excluding hydrogens is 220 g/mol. The highest BCUT2D eigenvalue weighted by Crippen LogP contribution is 2.13. The maximum atomic E-state index is 8.65. The summed E-state index contributed by atoms with van der Waals surface area (Å²) in [5, 5.41) is 8.65. The lowest BCUT2D eigenvalue weighted by Crippen LogP contribution is -2.13. The zero-order chi connectivity index (χ0) is 8.97. The van der Waals surface area contributed by atoms with Crippen LogP contribution in [-0.2, 0) is 0 Å². The van der Waals surface area contributed by atoms with E-state index >= 15 is 0 Å². The van der Waals surface area contributed by atoms with Crippen LogP contribution in [0, 0.1) is 0 Å². The summed E-state index contributed by atoms with van der Waals surface area (Å²) in [6.07, 6.45) is 0.545. The molecule has 0 aliphatic rings. The summed E-state index contributed by atoms with van der Waals surface area (Å²) in [7, 11) is 0. The molecule has 3 N–H and O–H groups in total. The highest BCUT2D eigenvalue weighted by atomic mass is 79.9. The van der Waals surface area contributed by atoms with Gasteiger partial charge in [0.05, 0.1) is 5.69 Å². The second-order valence-electron chi connectivity index (χ2n) is 2.50. The molecule has 0 unspecified atom stereocenters. The van der Waals surface area contributed by atoms with Crippen molar-refractivity contribution in [3.05, 3.63) is 28.5 Å². The molecule has 1 aromatic heterocycles. The molecule has 0 saturated heterocycles. The van der Waals surface area contributed by atoms with E-state index in [4.69, 9.17) is 10.8 Å². The van der Waals surface area contributed by atoms with Gasteiger partial charge in [0, 0.05) is 12.6 Å². The van der Waals surface area contributed by atoms with Crippen molar-refractivity contribution in [2.24, 2.45) is 5.73 Å². The number of nitrogens with two attached hydrogens (primary N) is 1. The fourth-order valence-electron chi connectivity index (χ4n) is 0.917. The number of pyridine rings is 1. The normalized spacial score (nSPS) is 12.9. The molecule has 0 amide bonds. The summed E-state index contributed by atoms with van der Waals surface area (Å²) in [6, 6.07) is 5.40. The van der Waals surface area contributed by atoms with E-state index < -0.39 is 0 Å². The molecule has 0 aromatic carbocycles.